The van der Waals surface area contributed by atoms with Gasteiger partial charge in [0.1, 0.15) is 22.3 Å². The van der Waals surface area contributed by atoms with E-state index in [-0.39, 0.29) is 16.6 Å². The van der Waals surface area contributed by atoms with E-state index in [0.29, 0.717) is 23.0 Å². The van der Waals surface area contributed by atoms with Crippen molar-refractivity contribution >= 4 is 21.9 Å². The van der Waals surface area contributed by atoms with Crippen LogP contribution in [0, 0.1) is 0 Å². The van der Waals surface area contributed by atoms with Crippen LogP contribution in [0.4, 0.5) is 0 Å². The highest BCUT2D eigenvalue weighted by atomic mass is 16.3. The van der Waals surface area contributed by atoms with Gasteiger partial charge >= 0.3 is 0 Å². The summed E-state index contributed by atoms with van der Waals surface area (Å²) < 4.78 is 6.23. The Kier molecular flexibility index (Phi) is 4.56. The summed E-state index contributed by atoms with van der Waals surface area (Å²) in [6.07, 6.45) is 1.41. The first-order valence-electron chi connectivity index (χ1n) is 9.98. The second-order valence-corrected chi connectivity index (χ2v) is 7.49. The van der Waals surface area contributed by atoms with Gasteiger partial charge in [0.15, 0.2) is 0 Å². The predicted octanol–water partition coefficient (Wildman–Crippen LogP) is 5.83. The zero-order valence-electron chi connectivity index (χ0n) is 16.3. The molecule has 0 atom stereocenters. The van der Waals surface area contributed by atoms with Crippen LogP contribution in [0.15, 0.2) is 100 Å². The topological polar surface area (TPSA) is 50.4 Å². The Morgan fingerprint density at radius 3 is 2.07 bits per heavy atom. The SMILES string of the molecule is O=c1c2ccc(Cc3ccccc3)c(Cc3ccccc3)c2oc2cccc(O)c12. The van der Waals surface area contributed by atoms with E-state index < -0.39 is 0 Å². The number of phenolic OH excluding ortho intramolecular Hbond substituents is 1. The van der Waals surface area contributed by atoms with E-state index in [1.807, 2.05) is 48.5 Å². The Labute approximate surface area is 173 Å². The molecule has 4 aromatic carbocycles. The van der Waals surface area contributed by atoms with Crippen LogP contribution in [0.25, 0.3) is 21.9 Å². The van der Waals surface area contributed by atoms with Crippen LogP contribution in [-0.2, 0) is 12.8 Å². The molecule has 1 N–H and O–H groups in total. The summed E-state index contributed by atoms with van der Waals surface area (Å²) in [5, 5.41) is 10.9. The molecule has 0 saturated carbocycles. The Morgan fingerprint density at radius 2 is 1.37 bits per heavy atom. The molecular weight excluding hydrogens is 372 g/mol. The molecule has 0 aliphatic heterocycles. The van der Waals surface area contributed by atoms with Gasteiger partial charge in [0, 0.05) is 12.0 Å². The fourth-order valence-corrected chi connectivity index (χ4v) is 4.02. The summed E-state index contributed by atoms with van der Waals surface area (Å²) >= 11 is 0. The number of phenols is 1. The molecule has 30 heavy (non-hydrogen) atoms. The molecule has 0 radical (unpaired) electrons. The fourth-order valence-electron chi connectivity index (χ4n) is 4.02. The molecule has 1 aromatic heterocycles. The molecule has 1 heterocycles. The summed E-state index contributed by atoms with van der Waals surface area (Å²) in [6, 6.07) is 29.2. The summed E-state index contributed by atoms with van der Waals surface area (Å²) in [6.45, 7) is 0. The Balaban J connectivity index is 1.78. The van der Waals surface area contributed by atoms with Gasteiger partial charge in [-0.2, -0.15) is 0 Å². The lowest BCUT2D eigenvalue weighted by atomic mass is 9.93. The Morgan fingerprint density at radius 1 is 0.700 bits per heavy atom. The van der Waals surface area contributed by atoms with Crippen molar-refractivity contribution in [3.63, 3.8) is 0 Å². The van der Waals surface area contributed by atoms with E-state index >= 15 is 0 Å². The minimum absolute atomic E-state index is 0.0545. The van der Waals surface area contributed by atoms with E-state index in [2.05, 4.69) is 24.3 Å². The summed E-state index contributed by atoms with van der Waals surface area (Å²) in [7, 11) is 0. The molecular formula is C27H20O3. The normalized spacial score (nSPS) is 11.2. The Hall–Kier alpha value is -3.85. The van der Waals surface area contributed by atoms with E-state index in [1.54, 1.807) is 12.1 Å². The van der Waals surface area contributed by atoms with Gasteiger partial charge in [0.25, 0.3) is 0 Å². The van der Waals surface area contributed by atoms with Crippen LogP contribution in [0.1, 0.15) is 22.3 Å². The van der Waals surface area contributed by atoms with Crippen molar-refractivity contribution in [3.8, 4) is 5.75 Å². The first-order valence-corrected chi connectivity index (χ1v) is 9.98. The highest BCUT2D eigenvalue weighted by Crippen LogP contribution is 2.30. The summed E-state index contributed by atoms with van der Waals surface area (Å²) in [4.78, 5) is 13.2. The lowest BCUT2D eigenvalue weighted by Crippen LogP contribution is -2.06. The maximum absolute atomic E-state index is 13.2. The van der Waals surface area contributed by atoms with Crippen molar-refractivity contribution in [1.29, 1.82) is 0 Å². The highest BCUT2D eigenvalue weighted by Gasteiger charge is 2.17. The highest BCUT2D eigenvalue weighted by molar-refractivity contribution is 5.94. The maximum Gasteiger partial charge on any atom is 0.204 e. The van der Waals surface area contributed by atoms with Crippen LogP contribution in [0.2, 0.25) is 0 Å². The molecule has 0 saturated heterocycles. The number of benzene rings is 4. The first-order chi connectivity index (χ1) is 14.7. The standard InChI is InChI=1S/C27H20O3/c28-23-12-7-13-24-25(23)26(29)21-15-14-20(16-18-8-3-1-4-9-18)22(27(21)30-24)17-19-10-5-2-6-11-19/h1-15,28H,16-17H2. The van der Waals surface area contributed by atoms with Crippen LogP contribution in [-0.4, -0.2) is 5.11 Å². The van der Waals surface area contributed by atoms with Crippen LogP contribution >= 0.6 is 0 Å². The third-order valence-corrected chi connectivity index (χ3v) is 5.51. The number of hydrogen-bond donors (Lipinski definition) is 1. The molecule has 0 amide bonds. The van der Waals surface area contributed by atoms with Gasteiger partial charge in [0.05, 0.1) is 5.39 Å². The van der Waals surface area contributed by atoms with Crippen molar-refractivity contribution < 1.29 is 9.52 Å². The monoisotopic (exact) mass is 392 g/mol. The van der Waals surface area contributed by atoms with E-state index in [9.17, 15) is 9.90 Å². The molecule has 5 aromatic rings. The van der Waals surface area contributed by atoms with Gasteiger partial charge in [-0.3, -0.25) is 4.79 Å². The van der Waals surface area contributed by atoms with Crippen LogP contribution < -0.4 is 5.43 Å². The molecule has 0 spiro atoms. The second-order valence-electron chi connectivity index (χ2n) is 7.49. The minimum atomic E-state index is -0.204. The van der Waals surface area contributed by atoms with Gasteiger partial charge in [-0.25, -0.2) is 0 Å². The number of aromatic hydroxyl groups is 1. The number of hydrogen-bond acceptors (Lipinski definition) is 3. The van der Waals surface area contributed by atoms with Crippen molar-refractivity contribution in [2.24, 2.45) is 0 Å². The van der Waals surface area contributed by atoms with E-state index in [4.69, 9.17) is 4.42 Å². The smallest absolute Gasteiger partial charge is 0.204 e. The quantitative estimate of drug-likeness (QED) is 0.391. The number of rotatable bonds is 4. The molecule has 0 bridgehead atoms. The Bertz CT molecular complexity index is 1400. The van der Waals surface area contributed by atoms with Crippen molar-refractivity contribution in [1.82, 2.24) is 0 Å². The molecule has 0 aliphatic rings. The van der Waals surface area contributed by atoms with Crippen LogP contribution in [0.5, 0.6) is 5.75 Å². The summed E-state index contributed by atoms with van der Waals surface area (Å²) in [5.74, 6) is -0.0545. The van der Waals surface area contributed by atoms with Gasteiger partial charge in [-0.1, -0.05) is 72.8 Å². The fraction of sp³-hybridized carbons (Fsp3) is 0.0741. The molecule has 146 valence electrons. The van der Waals surface area contributed by atoms with Gasteiger partial charge < -0.3 is 9.52 Å². The largest absolute Gasteiger partial charge is 0.507 e. The first kappa shape index (κ1) is 18.2. The average molecular weight is 392 g/mol. The summed E-state index contributed by atoms with van der Waals surface area (Å²) in [5.41, 5.74) is 5.27. The number of fused-ring (bicyclic) bond motifs is 2. The van der Waals surface area contributed by atoms with Gasteiger partial charge in [-0.15, -0.1) is 0 Å². The third-order valence-electron chi connectivity index (χ3n) is 5.51. The van der Waals surface area contributed by atoms with Crippen LogP contribution in [0.3, 0.4) is 0 Å². The maximum atomic E-state index is 13.2. The zero-order valence-corrected chi connectivity index (χ0v) is 16.3. The van der Waals surface area contributed by atoms with Gasteiger partial charge in [-0.05, 0) is 41.3 Å². The average Bonchev–Trinajstić information content (AvgIpc) is 2.77. The second kappa shape index (κ2) is 7.53. The van der Waals surface area contributed by atoms with E-state index in [1.165, 1.54) is 11.6 Å². The lowest BCUT2D eigenvalue weighted by Gasteiger charge is -2.14. The van der Waals surface area contributed by atoms with Crippen molar-refractivity contribution in [2.75, 3.05) is 0 Å². The molecule has 3 heteroatoms. The minimum Gasteiger partial charge on any atom is -0.507 e. The van der Waals surface area contributed by atoms with Crippen molar-refractivity contribution in [2.45, 2.75) is 12.8 Å². The zero-order chi connectivity index (χ0) is 20.5. The third kappa shape index (κ3) is 3.25. The molecule has 5 rings (SSSR count). The predicted molar refractivity (Wildman–Crippen MR) is 120 cm³/mol. The lowest BCUT2D eigenvalue weighted by molar-refractivity contribution is 0.480. The molecule has 0 unspecified atom stereocenters. The molecule has 0 aliphatic carbocycles. The van der Waals surface area contributed by atoms with Gasteiger partial charge in [0.2, 0.25) is 5.43 Å². The molecule has 3 nitrogen and oxygen atoms in total. The van der Waals surface area contributed by atoms with E-state index in [0.717, 1.165) is 23.1 Å². The van der Waals surface area contributed by atoms with Crippen molar-refractivity contribution in [3.05, 3.63) is 123 Å². The molecule has 0 fully saturated rings.